The van der Waals surface area contributed by atoms with Crippen LogP contribution in [0.25, 0.3) is 16.9 Å². The van der Waals surface area contributed by atoms with Crippen LogP contribution in [0.1, 0.15) is 34.3 Å². The van der Waals surface area contributed by atoms with Crippen molar-refractivity contribution in [2.45, 2.75) is 26.7 Å². The summed E-state index contributed by atoms with van der Waals surface area (Å²) >= 11 is 0. The third-order valence-electron chi connectivity index (χ3n) is 6.51. The minimum Gasteiger partial charge on any atom is -0.338 e. The fourth-order valence-electron chi connectivity index (χ4n) is 4.59. The van der Waals surface area contributed by atoms with Crippen molar-refractivity contribution >= 4 is 23.3 Å². The number of nitrogens with zero attached hydrogens (tertiary/aromatic N) is 3. The smallest absolute Gasteiger partial charge is 0.253 e. The summed E-state index contributed by atoms with van der Waals surface area (Å²) in [5, 5.41) is 3.16. The van der Waals surface area contributed by atoms with Gasteiger partial charge in [-0.1, -0.05) is 54.1 Å². The van der Waals surface area contributed by atoms with E-state index in [9.17, 15) is 9.59 Å². The van der Waals surface area contributed by atoms with Gasteiger partial charge in [0.25, 0.3) is 5.91 Å². The van der Waals surface area contributed by atoms with Gasteiger partial charge in [-0.25, -0.2) is 4.98 Å². The number of imidazole rings is 1. The lowest BCUT2D eigenvalue weighted by Gasteiger charge is -2.32. The number of benzene rings is 2. The van der Waals surface area contributed by atoms with Crippen LogP contribution in [-0.2, 0) is 4.79 Å². The Balaban J connectivity index is 1.41. The number of amides is 2. The second kappa shape index (κ2) is 9.14. The number of fused-ring (bicyclic) bond motifs is 1. The topological polar surface area (TPSA) is 66.7 Å². The fraction of sp³-hybridized carbons (Fsp3) is 0.250. The Morgan fingerprint density at radius 1 is 0.971 bits per heavy atom. The molecule has 1 aliphatic heterocycles. The number of nitrogens with one attached hydrogen (secondary N) is 1. The highest BCUT2D eigenvalue weighted by Crippen LogP contribution is 2.31. The van der Waals surface area contributed by atoms with Crippen LogP contribution < -0.4 is 5.32 Å². The van der Waals surface area contributed by atoms with E-state index < -0.39 is 0 Å². The monoisotopic (exact) mass is 452 g/mol. The van der Waals surface area contributed by atoms with Crippen LogP contribution in [0.15, 0.2) is 72.9 Å². The Morgan fingerprint density at radius 3 is 2.50 bits per heavy atom. The molecule has 0 aliphatic carbocycles. The molecule has 6 heteroatoms. The number of anilines is 1. The normalized spacial score (nSPS) is 15.9. The van der Waals surface area contributed by atoms with E-state index in [4.69, 9.17) is 4.98 Å². The van der Waals surface area contributed by atoms with Crippen LogP contribution in [0.5, 0.6) is 0 Å². The molecular weight excluding hydrogens is 424 g/mol. The molecule has 0 radical (unpaired) electrons. The third kappa shape index (κ3) is 4.19. The van der Waals surface area contributed by atoms with Crippen LogP contribution in [0.4, 0.5) is 5.82 Å². The highest BCUT2D eigenvalue weighted by Gasteiger charge is 2.30. The number of rotatable bonds is 4. The third-order valence-corrected chi connectivity index (χ3v) is 6.51. The maximum absolute atomic E-state index is 13.4. The molecule has 2 aromatic heterocycles. The number of piperidine rings is 1. The van der Waals surface area contributed by atoms with E-state index in [0.29, 0.717) is 24.5 Å². The van der Waals surface area contributed by atoms with Crippen molar-refractivity contribution < 1.29 is 9.59 Å². The largest absolute Gasteiger partial charge is 0.338 e. The van der Waals surface area contributed by atoms with E-state index in [1.54, 1.807) is 4.90 Å². The maximum Gasteiger partial charge on any atom is 0.253 e. The Labute approximate surface area is 199 Å². The predicted octanol–water partition coefficient (Wildman–Crippen LogP) is 5.11. The van der Waals surface area contributed by atoms with Crippen LogP contribution in [0, 0.1) is 19.8 Å². The summed E-state index contributed by atoms with van der Waals surface area (Å²) in [7, 11) is 0. The lowest BCUT2D eigenvalue weighted by atomic mass is 9.96. The van der Waals surface area contributed by atoms with Gasteiger partial charge in [-0.3, -0.25) is 14.0 Å². The standard InChI is InChI=1S/C28H28N4O2/c1-19-12-14-22(15-13-19)28(34)31-16-7-11-23(18-31)27(33)30-26-24(21-9-4-3-5-10-21)29-25-20(2)8-6-17-32(25)26/h3-6,8-10,12-15,17,23H,7,11,16,18H2,1-2H3,(H,30,33). The quantitative estimate of drug-likeness (QED) is 0.468. The molecule has 0 spiro atoms. The zero-order valence-electron chi connectivity index (χ0n) is 19.5. The van der Waals surface area contributed by atoms with E-state index in [2.05, 4.69) is 5.32 Å². The fourth-order valence-corrected chi connectivity index (χ4v) is 4.59. The average molecular weight is 453 g/mol. The molecule has 1 atom stereocenters. The molecule has 1 unspecified atom stereocenters. The van der Waals surface area contributed by atoms with Gasteiger partial charge in [-0.2, -0.15) is 0 Å². The van der Waals surface area contributed by atoms with Gasteiger partial charge in [0.2, 0.25) is 5.91 Å². The summed E-state index contributed by atoms with van der Waals surface area (Å²) in [6, 6.07) is 21.5. The second-order valence-electron chi connectivity index (χ2n) is 9.01. The van der Waals surface area contributed by atoms with Gasteiger partial charge in [0.05, 0.1) is 5.92 Å². The molecule has 2 aromatic carbocycles. The van der Waals surface area contributed by atoms with Crippen LogP contribution in [-0.4, -0.2) is 39.2 Å². The maximum atomic E-state index is 13.4. The Hall–Kier alpha value is -3.93. The number of aryl methyl sites for hydroxylation is 2. The van der Waals surface area contributed by atoms with E-state index >= 15 is 0 Å². The van der Waals surface area contributed by atoms with E-state index in [1.165, 1.54) is 0 Å². The van der Waals surface area contributed by atoms with Crippen LogP contribution in [0.2, 0.25) is 0 Å². The van der Waals surface area contributed by atoms with Gasteiger partial charge < -0.3 is 10.2 Å². The van der Waals surface area contributed by atoms with E-state index in [1.807, 2.05) is 91.2 Å². The first kappa shape index (κ1) is 21.9. The van der Waals surface area contributed by atoms with Crippen molar-refractivity contribution in [2.75, 3.05) is 18.4 Å². The van der Waals surface area contributed by atoms with E-state index in [-0.39, 0.29) is 17.7 Å². The minimum absolute atomic E-state index is 0.0205. The molecule has 172 valence electrons. The van der Waals surface area contributed by atoms with Crippen molar-refractivity contribution in [2.24, 2.45) is 5.92 Å². The first-order chi connectivity index (χ1) is 16.5. The lowest BCUT2D eigenvalue weighted by Crippen LogP contribution is -2.43. The van der Waals surface area contributed by atoms with Gasteiger partial charge in [-0.05, 0) is 50.5 Å². The molecule has 1 fully saturated rings. The van der Waals surface area contributed by atoms with Gasteiger partial charge in [0.15, 0.2) is 0 Å². The summed E-state index contributed by atoms with van der Waals surface area (Å²) < 4.78 is 1.94. The molecular formula is C28H28N4O2. The second-order valence-corrected chi connectivity index (χ2v) is 9.01. The Morgan fingerprint density at radius 2 is 1.74 bits per heavy atom. The Bertz CT molecular complexity index is 1340. The molecule has 4 aromatic rings. The lowest BCUT2D eigenvalue weighted by molar-refractivity contribution is -0.121. The number of carbonyl (C=O) groups excluding carboxylic acids is 2. The first-order valence-corrected chi connectivity index (χ1v) is 11.7. The number of hydrogen-bond acceptors (Lipinski definition) is 3. The summed E-state index contributed by atoms with van der Waals surface area (Å²) in [4.78, 5) is 33.1. The predicted molar refractivity (Wildman–Crippen MR) is 134 cm³/mol. The number of pyridine rings is 1. The van der Waals surface area contributed by atoms with Crippen molar-refractivity contribution in [1.29, 1.82) is 0 Å². The molecule has 0 saturated carbocycles. The van der Waals surface area contributed by atoms with Gasteiger partial charge in [0.1, 0.15) is 17.2 Å². The Kier molecular flexibility index (Phi) is 5.88. The first-order valence-electron chi connectivity index (χ1n) is 11.7. The molecule has 1 saturated heterocycles. The molecule has 6 nitrogen and oxygen atoms in total. The molecule has 0 bridgehead atoms. The molecule has 5 rings (SSSR count). The highest BCUT2D eigenvalue weighted by atomic mass is 16.2. The van der Waals surface area contributed by atoms with E-state index in [0.717, 1.165) is 40.9 Å². The van der Waals surface area contributed by atoms with Crippen LogP contribution >= 0.6 is 0 Å². The molecule has 2 amide bonds. The molecule has 1 N–H and O–H groups in total. The van der Waals surface area contributed by atoms with Crippen molar-refractivity contribution in [3.8, 4) is 11.3 Å². The average Bonchev–Trinajstić information content (AvgIpc) is 3.24. The SMILES string of the molecule is Cc1ccc(C(=O)N2CCCC(C(=O)Nc3c(-c4ccccc4)nc4c(C)cccn34)C2)cc1. The molecule has 34 heavy (non-hydrogen) atoms. The summed E-state index contributed by atoms with van der Waals surface area (Å²) in [6.07, 6.45) is 3.47. The summed E-state index contributed by atoms with van der Waals surface area (Å²) in [6.45, 7) is 5.09. The van der Waals surface area contributed by atoms with Crippen molar-refractivity contribution in [1.82, 2.24) is 14.3 Å². The zero-order chi connectivity index (χ0) is 23.7. The van der Waals surface area contributed by atoms with Crippen molar-refractivity contribution in [3.05, 3.63) is 89.6 Å². The van der Waals surface area contributed by atoms with Crippen molar-refractivity contribution in [3.63, 3.8) is 0 Å². The highest BCUT2D eigenvalue weighted by molar-refractivity contribution is 5.98. The number of carbonyl (C=O) groups is 2. The van der Waals surface area contributed by atoms with Gasteiger partial charge in [0, 0.05) is 30.4 Å². The summed E-state index contributed by atoms with van der Waals surface area (Å²) in [5.74, 6) is 0.286. The minimum atomic E-state index is -0.276. The van der Waals surface area contributed by atoms with Gasteiger partial charge in [-0.15, -0.1) is 0 Å². The zero-order valence-corrected chi connectivity index (χ0v) is 19.5. The van der Waals surface area contributed by atoms with Crippen LogP contribution in [0.3, 0.4) is 0 Å². The number of aromatic nitrogens is 2. The van der Waals surface area contributed by atoms with Gasteiger partial charge >= 0.3 is 0 Å². The molecule has 3 heterocycles. The molecule has 1 aliphatic rings. The summed E-state index contributed by atoms with van der Waals surface area (Å²) in [5.41, 5.74) is 5.32. The number of likely N-dealkylation sites (tertiary alicyclic amines) is 1. The number of hydrogen-bond donors (Lipinski definition) is 1.